The van der Waals surface area contributed by atoms with Gasteiger partial charge in [-0.1, -0.05) is 0 Å². The predicted octanol–water partition coefficient (Wildman–Crippen LogP) is 0.644. The standard InChI is InChI=1S/C15H24FN3O2/c1-17-10-11-18(2)15(13(17)21)6-8-19(9-7-15)12(20)14(16)4-3-5-14/h3-11H2,1-2H3. The number of carbonyl (C=O) groups is 2. The number of piperidine rings is 1. The van der Waals surface area contributed by atoms with Gasteiger partial charge in [-0.05, 0) is 39.2 Å². The number of nitrogens with zero attached hydrogens (tertiary/aromatic N) is 3. The van der Waals surface area contributed by atoms with Crippen molar-refractivity contribution in [3.63, 3.8) is 0 Å². The smallest absolute Gasteiger partial charge is 0.260 e. The first-order chi connectivity index (χ1) is 9.89. The third-order valence-electron chi connectivity index (χ3n) is 5.65. The second-order valence-electron chi connectivity index (χ2n) is 6.79. The monoisotopic (exact) mass is 297 g/mol. The summed E-state index contributed by atoms with van der Waals surface area (Å²) in [6.45, 7) is 2.55. The molecule has 0 atom stereocenters. The molecule has 3 rings (SSSR count). The molecule has 0 aromatic carbocycles. The molecule has 0 bridgehead atoms. The van der Waals surface area contributed by atoms with Gasteiger partial charge in [0.25, 0.3) is 5.91 Å². The number of hydrogen-bond donors (Lipinski definition) is 0. The van der Waals surface area contributed by atoms with E-state index in [9.17, 15) is 14.0 Å². The molecule has 21 heavy (non-hydrogen) atoms. The highest BCUT2D eigenvalue weighted by Crippen LogP contribution is 2.39. The second-order valence-corrected chi connectivity index (χ2v) is 6.79. The van der Waals surface area contributed by atoms with Crippen molar-refractivity contribution < 1.29 is 14.0 Å². The van der Waals surface area contributed by atoms with E-state index in [1.54, 1.807) is 9.80 Å². The van der Waals surface area contributed by atoms with E-state index in [0.717, 1.165) is 19.5 Å². The fourth-order valence-electron chi connectivity index (χ4n) is 3.79. The summed E-state index contributed by atoms with van der Waals surface area (Å²) >= 11 is 0. The van der Waals surface area contributed by atoms with Crippen LogP contribution in [0.3, 0.4) is 0 Å². The molecule has 2 amide bonds. The lowest BCUT2D eigenvalue weighted by atomic mass is 9.78. The molecule has 0 radical (unpaired) electrons. The average Bonchev–Trinajstić information content (AvgIpc) is 2.47. The Morgan fingerprint density at radius 1 is 1.05 bits per heavy atom. The minimum absolute atomic E-state index is 0.141. The Hall–Kier alpha value is -1.17. The summed E-state index contributed by atoms with van der Waals surface area (Å²) in [5.41, 5.74) is -2.11. The van der Waals surface area contributed by atoms with E-state index < -0.39 is 11.2 Å². The molecule has 1 aliphatic carbocycles. The van der Waals surface area contributed by atoms with Gasteiger partial charge < -0.3 is 9.80 Å². The van der Waals surface area contributed by atoms with Gasteiger partial charge >= 0.3 is 0 Å². The molecular weight excluding hydrogens is 273 g/mol. The van der Waals surface area contributed by atoms with Crippen molar-refractivity contribution in [1.29, 1.82) is 0 Å². The van der Waals surface area contributed by atoms with E-state index in [1.807, 2.05) is 14.1 Å². The van der Waals surface area contributed by atoms with Crippen molar-refractivity contribution in [1.82, 2.24) is 14.7 Å². The summed E-state index contributed by atoms with van der Waals surface area (Å²) in [7, 11) is 3.81. The molecule has 2 aliphatic heterocycles. The van der Waals surface area contributed by atoms with Crippen LogP contribution in [0.25, 0.3) is 0 Å². The van der Waals surface area contributed by atoms with Gasteiger partial charge in [-0.3, -0.25) is 14.5 Å². The first-order valence-electron chi connectivity index (χ1n) is 7.84. The quantitative estimate of drug-likeness (QED) is 0.713. The number of likely N-dealkylation sites (tertiary alicyclic amines) is 1. The number of hydrogen-bond acceptors (Lipinski definition) is 3. The molecule has 0 unspecified atom stereocenters. The Labute approximate surface area is 125 Å². The van der Waals surface area contributed by atoms with Crippen molar-refractivity contribution in [3.05, 3.63) is 0 Å². The Kier molecular flexibility index (Phi) is 3.47. The van der Waals surface area contributed by atoms with Crippen LogP contribution in [0.4, 0.5) is 4.39 Å². The lowest BCUT2D eigenvalue weighted by Gasteiger charge is -2.51. The summed E-state index contributed by atoms with van der Waals surface area (Å²) in [6.07, 6.45) is 2.72. The maximum Gasteiger partial charge on any atom is 0.260 e. The summed E-state index contributed by atoms with van der Waals surface area (Å²) in [4.78, 5) is 30.3. The van der Waals surface area contributed by atoms with Gasteiger partial charge in [-0.15, -0.1) is 0 Å². The molecular formula is C15H24FN3O2. The minimum Gasteiger partial charge on any atom is -0.343 e. The van der Waals surface area contributed by atoms with Gasteiger partial charge in [0.2, 0.25) is 5.91 Å². The van der Waals surface area contributed by atoms with Crippen LogP contribution in [-0.4, -0.2) is 78.0 Å². The molecule has 2 heterocycles. The van der Waals surface area contributed by atoms with Crippen LogP contribution in [-0.2, 0) is 9.59 Å². The van der Waals surface area contributed by atoms with E-state index in [-0.39, 0.29) is 11.8 Å². The number of likely N-dealkylation sites (N-methyl/N-ethyl adjacent to an activating group) is 2. The van der Waals surface area contributed by atoms with Crippen molar-refractivity contribution in [2.45, 2.75) is 43.3 Å². The topological polar surface area (TPSA) is 43.9 Å². The molecule has 1 saturated carbocycles. The molecule has 0 aromatic heterocycles. The van der Waals surface area contributed by atoms with E-state index >= 15 is 0 Å². The maximum atomic E-state index is 14.3. The van der Waals surface area contributed by atoms with Crippen LogP contribution >= 0.6 is 0 Å². The van der Waals surface area contributed by atoms with Crippen LogP contribution in [0.5, 0.6) is 0 Å². The molecule has 0 aromatic rings. The highest BCUT2D eigenvalue weighted by Gasteiger charge is 2.52. The number of piperazine rings is 1. The van der Waals surface area contributed by atoms with E-state index in [2.05, 4.69) is 4.90 Å². The van der Waals surface area contributed by atoms with Crippen LogP contribution in [0, 0.1) is 0 Å². The zero-order valence-corrected chi connectivity index (χ0v) is 12.9. The highest BCUT2D eigenvalue weighted by molar-refractivity contribution is 5.89. The van der Waals surface area contributed by atoms with Crippen molar-refractivity contribution in [3.8, 4) is 0 Å². The SMILES string of the molecule is CN1CCN(C)C2(CCN(C(=O)C3(F)CCC3)CC2)C1=O. The van der Waals surface area contributed by atoms with Gasteiger partial charge in [0.05, 0.1) is 0 Å². The fourth-order valence-corrected chi connectivity index (χ4v) is 3.79. The lowest BCUT2D eigenvalue weighted by Crippen LogP contribution is -2.68. The predicted molar refractivity (Wildman–Crippen MR) is 76.5 cm³/mol. The molecule has 3 fully saturated rings. The van der Waals surface area contributed by atoms with Crippen LogP contribution in [0.15, 0.2) is 0 Å². The minimum atomic E-state index is -1.62. The molecule has 3 aliphatic rings. The maximum absolute atomic E-state index is 14.3. The Morgan fingerprint density at radius 2 is 1.67 bits per heavy atom. The van der Waals surface area contributed by atoms with Crippen LogP contribution in [0.1, 0.15) is 32.1 Å². The number of rotatable bonds is 1. The van der Waals surface area contributed by atoms with Crippen molar-refractivity contribution in [2.75, 3.05) is 40.3 Å². The molecule has 0 N–H and O–H groups in total. The number of carbonyl (C=O) groups excluding carboxylic acids is 2. The second kappa shape index (κ2) is 4.93. The number of alkyl halides is 1. The van der Waals surface area contributed by atoms with Crippen LogP contribution < -0.4 is 0 Å². The summed E-state index contributed by atoms with van der Waals surface area (Å²) in [5, 5.41) is 0. The molecule has 5 nitrogen and oxygen atoms in total. The summed E-state index contributed by atoms with van der Waals surface area (Å²) < 4.78 is 14.3. The van der Waals surface area contributed by atoms with E-state index in [1.165, 1.54) is 0 Å². The highest BCUT2D eigenvalue weighted by atomic mass is 19.1. The third kappa shape index (κ3) is 2.15. The zero-order chi connectivity index (χ0) is 15.3. The van der Waals surface area contributed by atoms with Gasteiger partial charge in [0, 0.05) is 33.2 Å². The number of halogens is 1. The lowest BCUT2D eigenvalue weighted by molar-refractivity contribution is -0.160. The summed E-state index contributed by atoms with van der Waals surface area (Å²) in [5.74, 6) is -0.218. The van der Waals surface area contributed by atoms with E-state index in [4.69, 9.17) is 0 Å². The number of amides is 2. The fraction of sp³-hybridized carbons (Fsp3) is 0.867. The molecule has 1 spiro atoms. The van der Waals surface area contributed by atoms with Crippen molar-refractivity contribution in [2.24, 2.45) is 0 Å². The first kappa shape index (κ1) is 14.8. The van der Waals surface area contributed by atoms with Crippen molar-refractivity contribution >= 4 is 11.8 Å². The molecule has 118 valence electrons. The Morgan fingerprint density at radius 3 is 2.19 bits per heavy atom. The average molecular weight is 297 g/mol. The Balaban J connectivity index is 1.69. The van der Waals surface area contributed by atoms with Gasteiger partial charge in [0.15, 0.2) is 5.67 Å². The van der Waals surface area contributed by atoms with Crippen LogP contribution in [0.2, 0.25) is 0 Å². The molecule has 6 heteroatoms. The largest absolute Gasteiger partial charge is 0.343 e. The normalized spacial score (nSPS) is 28.6. The van der Waals surface area contributed by atoms with Gasteiger partial charge in [-0.2, -0.15) is 0 Å². The third-order valence-corrected chi connectivity index (χ3v) is 5.65. The first-order valence-corrected chi connectivity index (χ1v) is 7.84. The summed E-state index contributed by atoms with van der Waals surface area (Å²) in [6, 6.07) is 0. The van der Waals surface area contributed by atoms with Gasteiger partial charge in [0.1, 0.15) is 5.54 Å². The van der Waals surface area contributed by atoms with Gasteiger partial charge in [-0.25, -0.2) is 4.39 Å². The van der Waals surface area contributed by atoms with E-state index in [0.29, 0.717) is 38.8 Å². The zero-order valence-electron chi connectivity index (χ0n) is 12.9. The Bertz CT molecular complexity index is 456. The molecule has 2 saturated heterocycles.